The van der Waals surface area contributed by atoms with Crippen LogP contribution in [0.25, 0.3) is 10.7 Å². The lowest BCUT2D eigenvalue weighted by Gasteiger charge is -2.26. The molecule has 29 heavy (non-hydrogen) atoms. The van der Waals surface area contributed by atoms with Crippen LogP contribution in [0.15, 0.2) is 34.1 Å². The van der Waals surface area contributed by atoms with Crippen molar-refractivity contribution in [2.75, 3.05) is 18.9 Å². The highest BCUT2D eigenvalue weighted by atomic mass is 32.2. The maximum absolute atomic E-state index is 12.8. The molecule has 0 unspecified atom stereocenters. The molecule has 0 bridgehead atoms. The van der Waals surface area contributed by atoms with Gasteiger partial charge in [0.15, 0.2) is 11.0 Å². The molecule has 1 atom stereocenters. The summed E-state index contributed by atoms with van der Waals surface area (Å²) in [4.78, 5) is 17.3. The fraction of sp³-hybridized carbons (Fsp3) is 0.450. The summed E-state index contributed by atoms with van der Waals surface area (Å²) in [7, 11) is 0. The van der Waals surface area contributed by atoms with Crippen molar-refractivity contribution < 1.29 is 9.53 Å². The molecule has 5 rings (SSSR count). The molecule has 0 N–H and O–H groups in total. The highest BCUT2D eigenvalue weighted by Gasteiger charge is 2.25. The fourth-order valence-electron chi connectivity index (χ4n) is 3.82. The Balaban J connectivity index is 1.29. The van der Waals surface area contributed by atoms with Crippen molar-refractivity contribution in [3.8, 4) is 10.7 Å². The normalized spacial score (nSPS) is 18.9. The molecule has 1 fully saturated rings. The van der Waals surface area contributed by atoms with E-state index in [4.69, 9.17) is 4.74 Å². The molecule has 1 amide bonds. The zero-order valence-corrected chi connectivity index (χ0v) is 18.4. The minimum absolute atomic E-state index is 0.163. The van der Waals surface area contributed by atoms with Crippen molar-refractivity contribution in [3.63, 3.8) is 0 Å². The average molecular weight is 447 g/mol. The second-order valence-electron chi connectivity index (χ2n) is 7.25. The standard InChI is InChI=1S/C20H22N4O2S3/c25-18(23-7-5-16-14(11-23)6-10-28-16)13-29-20-22-21-19(17-4-2-9-27-17)24(20)12-15-3-1-8-26-15/h2,4,6,9-10,15H,1,3,5,7-8,11-13H2/t15-/m0/s1. The van der Waals surface area contributed by atoms with Crippen LogP contribution >= 0.6 is 34.4 Å². The van der Waals surface area contributed by atoms with Gasteiger partial charge in [0.05, 0.1) is 23.3 Å². The molecule has 3 aromatic rings. The third-order valence-electron chi connectivity index (χ3n) is 5.35. The van der Waals surface area contributed by atoms with Gasteiger partial charge in [-0.05, 0) is 47.7 Å². The number of hydrogen-bond donors (Lipinski definition) is 0. The van der Waals surface area contributed by atoms with Gasteiger partial charge in [-0.3, -0.25) is 9.36 Å². The first-order valence-corrected chi connectivity index (χ1v) is 12.6. The zero-order chi connectivity index (χ0) is 19.6. The number of rotatable bonds is 6. The maximum atomic E-state index is 12.8. The van der Waals surface area contributed by atoms with E-state index >= 15 is 0 Å². The topological polar surface area (TPSA) is 60.3 Å². The summed E-state index contributed by atoms with van der Waals surface area (Å²) in [5, 5.41) is 13.8. The molecule has 152 valence electrons. The Bertz CT molecular complexity index is 976. The van der Waals surface area contributed by atoms with Gasteiger partial charge < -0.3 is 9.64 Å². The number of carbonyl (C=O) groups is 1. The SMILES string of the molecule is O=C(CSc1nnc(-c2cccs2)n1C[C@@H]1CCCO1)N1CCc2sccc2C1. The second-order valence-corrected chi connectivity index (χ2v) is 10.1. The van der Waals surface area contributed by atoms with Crippen molar-refractivity contribution in [2.45, 2.75) is 43.6 Å². The summed E-state index contributed by atoms with van der Waals surface area (Å²) >= 11 is 4.93. The highest BCUT2D eigenvalue weighted by Crippen LogP contribution is 2.30. The zero-order valence-electron chi connectivity index (χ0n) is 16.0. The summed E-state index contributed by atoms with van der Waals surface area (Å²) in [6, 6.07) is 6.22. The van der Waals surface area contributed by atoms with E-state index in [-0.39, 0.29) is 12.0 Å². The Hall–Kier alpha value is -1.68. The van der Waals surface area contributed by atoms with Gasteiger partial charge in [-0.25, -0.2) is 0 Å². The Morgan fingerprint density at radius 3 is 3.07 bits per heavy atom. The number of aromatic nitrogens is 3. The lowest BCUT2D eigenvalue weighted by atomic mass is 10.1. The molecule has 2 aliphatic heterocycles. The van der Waals surface area contributed by atoms with Crippen LogP contribution in [0.1, 0.15) is 23.3 Å². The minimum atomic E-state index is 0.163. The molecule has 2 aliphatic rings. The quantitative estimate of drug-likeness (QED) is 0.537. The van der Waals surface area contributed by atoms with Crippen molar-refractivity contribution >= 4 is 40.3 Å². The van der Waals surface area contributed by atoms with Crippen LogP contribution in [0.2, 0.25) is 0 Å². The van der Waals surface area contributed by atoms with E-state index in [1.54, 1.807) is 22.7 Å². The van der Waals surface area contributed by atoms with E-state index in [0.717, 1.165) is 61.4 Å². The largest absolute Gasteiger partial charge is 0.376 e. The monoisotopic (exact) mass is 446 g/mol. The van der Waals surface area contributed by atoms with Crippen LogP contribution in [-0.4, -0.2) is 50.6 Å². The van der Waals surface area contributed by atoms with Crippen molar-refractivity contribution in [2.24, 2.45) is 0 Å². The molecule has 0 aliphatic carbocycles. The lowest BCUT2D eigenvalue weighted by Crippen LogP contribution is -2.36. The molecule has 0 saturated carbocycles. The molecule has 5 heterocycles. The van der Waals surface area contributed by atoms with E-state index in [0.29, 0.717) is 5.75 Å². The Morgan fingerprint density at radius 1 is 1.28 bits per heavy atom. The molecule has 0 spiro atoms. The van der Waals surface area contributed by atoms with Gasteiger partial charge in [-0.1, -0.05) is 17.8 Å². The number of fused-ring (bicyclic) bond motifs is 1. The van der Waals surface area contributed by atoms with Crippen molar-refractivity contribution in [1.82, 2.24) is 19.7 Å². The van der Waals surface area contributed by atoms with Crippen LogP contribution in [0.3, 0.4) is 0 Å². The smallest absolute Gasteiger partial charge is 0.233 e. The molecule has 6 nitrogen and oxygen atoms in total. The number of ether oxygens (including phenoxy) is 1. The molecule has 9 heteroatoms. The Morgan fingerprint density at radius 2 is 2.24 bits per heavy atom. The Kier molecular flexibility index (Phi) is 5.72. The summed E-state index contributed by atoms with van der Waals surface area (Å²) in [5.74, 6) is 1.41. The van der Waals surface area contributed by atoms with Crippen LogP contribution in [0.4, 0.5) is 0 Å². The Labute approximate surface area is 181 Å². The van der Waals surface area contributed by atoms with Crippen LogP contribution in [0.5, 0.6) is 0 Å². The first kappa shape index (κ1) is 19.3. The van der Waals surface area contributed by atoms with Gasteiger partial charge in [-0.15, -0.1) is 32.9 Å². The number of thiophene rings is 2. The summed E-state index contributed by atoms with van der Waals surface area (Å²) < 4.78 is 7.98. The van der Waals surface area contributed by atoms with E-state index in [9.17, 15) is 4.79 Å². The van der Waals surface area contributed by atoms with Gasteiger partial charge >= 0.3 is 0 Å². The number of thioether (sulfide) groups is 1. The van der Waals surface area contributed by atoms with Gasteiger partial charge in [-0.2, -0.15) is 0 Å². The number of hydrogen-bond acceptors (Lipinski definition) is 7. The highest BCUT2D eigenvalue weighted by molar-refractivity contribution is 7.99. The average Bonchev–Trinajstić information content (AvgIpc) is 3.53. The maximum Gasteiger partial charge on any atom is 0.233 e. The molecule has 3 aromatic heterocycles. The summed E-state index contributed by atoms with van der Waals surface area (Å²) in [5.41, 5.74) is 1.29. The van der Waals surface area contributed by atoms with Crippen LogP contribution < -0.4 is 0 Å². The second kappa shape index (κ2) is 8.59. The van der Waals surface area contributed by atoms with E-state index in [2.05, 4.69) is 32.3 Å². The van der Waals surface area contributed by atoms with Crippen molar-refractivity contribution in [1.29, 1.82) is 0 Å². The fourth-order valence-corrected chi connectivity index (χ4v) is 6.28. The van der Waals surface area contributed by atoms with E-state index in [1.807, 2.05) is 16.3 Å². The predicted molar refractivity (Wildman–Crippen MR) is 116 cm³/mol. The first-order valence-electron chi connectivity index (χ1n) is 9.82. The predicted octanol–water partition coefficient (Wildman–Crippen LogP) is 3.92. The minimum Gasteiger partial charge on any atom is -0.376 e. The van der Waals surface area contributed by atoms with E-state index < -0.39 is 0 Å². The number of carbonyl (C=O) groups excluding carboxylic acids is 1. The van der Waals surface area contributed by atoms with Gasteiger partial charge in [0.25, 0.3) is 0 Å². The summed E-state index contributed by atoms with van der Waals surface area (Å²) in [6.45, 7) is 3.08. The third kappa shape index (κ3) is 4.14. The molecular formula is C20H22N4O2S3. The number of amides is 1. The lowest BCUT2D eigenvalue weighted by molar-refractivity contribution is -0.129. The van der Waals surface area contributed by atoms with E-state index in [1.165, 1.54) is 22.2 Å². The van der Waals surface area contributed by atoms with Gasteiger partial charge in [0, 0.05) is 24.6 Å². The first-order chi connectivity index (χ1) is 14.3. The third-order valence-corrected chi connectivity index (χ3v) is 8.19. The van der Waals surface area contributed by atoms with Gasteiger partial charge in [0.1, 0.15) is 0 Å². The molecular weight excluding hydrogens is 424 g/mol. The van der Waals surface area contributed by atoms with Crippen LogP contribution in [0, 0.1) is 0 Å². The van der Waals surface area contributed by atoms with Crippen LogP contribution in [-0.2, 0) is 29.0 Å². The summed E-state index contributed by atoms with van der Waals surface area (Å²) in [6.07, 6.45) is 3.31. The molecule has 1 saturated heterocycles. The molecule has 0 aromatic carbocycles. The number of nitrogens with zero attached hydrogens (tertiary/aromatic N) is 4. The molecule has 0 radical (unpaired) electrons. The van der Waals surface area contributed by atoms with Gasteiger partial charge in [0.2, 0.25) is 5.91 Å². The van der Waals surface area contributed by atoms with Crippen molar-refractivity contribution in [3.05, 3.63) is 39.4 Å².